The van der Waals surface area contributed by atoms with Crippen LogP contribution in [0.4, 0.5) is 0 Å². The van der Waals surface area contributed by atoms with Crippen LogP contribution in [0.25, 0.3) is 0 Å². The number of carboxylic acids is 2. The van der Waals surface area contributed by atoms with Gasteiger partial charge in [-0.25, -0.2) is 0 Å². The summed E-state index contributed by atoms with van der Waals surface area (Å²) in [4.78, 5) is 30.4. The maximum Gasteiger partial charge on any atom is 2.00 e. The molecular formula is C9H17N3O5Pt. The maximum atomic E-state index is 10.3. The Kier molecular flexibility index (Phi) is 12.3. The van der Waals surface area contributed by atoms with Gasteiger partial charge < -0.3 is 36.6 Å². The van der Waals surface area contributed by atoms with Crippen LogP contribution in [0.15, 0.2) is 0 Å². The van der Waals surface area contributed by atoms with Crippen molar-refractivity contribution in [3.8, 4) is 0 Å². The van der Waals surface area contributed by atoms with Crippen molar-refractivity contribution in [1.29, 1.82) is 0 Å². The summed E-state index contributed by atoms with van der Waals surface area (Å²) < 4.78 is 0. The molecule has 0 saturated heterocycles. The summed E-state index contributed by atoms with van der Waals surface area (Å²) in [5.74, 6) is -3.84. The van der Waals surface area contributed by atoms with Gasteiger partial charge in [0.05, 0.1) is 17.7 Å². The number of carboxylic acid groups (broad SMARTS) is 2. The zero-order valence-corrected chi connectivity index (χ0v) is 12.6. The molecule has 0 aromatic heterocycles. The third kappa shape index (κ3) is 24.3. The predicted molar refractivity (Wildman–Crippen MR) is 54.7 cm³/mol. The molecule has 0 spiro atoms. The fraction of sp³-hybridized carbons (Fsp3) is 0.667. The average Bonchev–Trinajstić information content (AvgIpc) is 1.97. The Morgan fingerprint density at radius 3 is 1.72 bits per heavy atom. The molecule has 0 radical (unpaired) electrons. The number of carbonyl (C=O) groups is 3. The van der Waals surface area contributed by atoms with E-state index >= 15 is 0 Å². The van der Waals surface area contributed by atoms with E-state index in [4.69, 9.17) is 11.5 Å². The molecule has 0 aliphatic heterocycles. The van der Waals surface area contributed by atoms with Gasteiger partial charge in [-0.3, -0.25) is 4.79 Å². The van der Waals surface area contributed by atoms with Gasteiger partial charge in [0, 0.05) is 19.3 Å². The molecule has 0 heterocycles. The Labute approximate surface area is 119 Å². The van der Waals surface area contributed by atoms with E-state index in [2.05, 4.69) is 0 Å². The van der Waals surface area contributed by atoms with E-state index in [1.165, 1.54) is 0 Å². The zero-order valence-electron chi connectivity index (χ0n) is 10.3. The fourth-order valence-electron chi connectivity index (χ4n) is 0.605. The van der Waals surface area contributed by atoms with Gasteiger partial charge in [0.15, 0.2) is 0 Å². The van der Waals surface area contributed by atoms with E-state index in [9.17, 15) is 24.6 Å². The van der Waals surface area contributed by atoms with E-state index in [-0.39, 0.29) is 21.1 Å². The van der Waals surface area contributed by atoms with Gasteiger partial charge in [0.2, 0.25) is 5.91 Å². The van der Waals surface area contributed by atoms with Gasteiger partial charge in [0.1, 0.15) is 0 Å². The molecule has 18 heavy (non-hydrogen) atoms. The minimum Gasteiger partial charge on any atom is -0.550 e. The maximum absolute atomic E-state index is 10.3. The third-order valence-corrected chi connectivity index (χ3v) is 1.03. The second-order valence-electron chi connectivity index (χ2n) is 3.97. The van der Waals surface area contributed by atoms with Crippen LogP contribution in [0.3, 0.4) is 0 Å². The first-order chi connectivity index (χ1) is 7.43. The molecule has 0 fully saturated rings. The van der Waals surface area contributed by atoms with Gasteiger partial charge in [-0.05, 0) is 13.8 Å². The Hall–Kier alpha value is -0.982. The Balaban J connectivity index is -0.000000321. The topological polar surface area (TPSA) is 161 Å². The summed E-state index contributed by atoms with van der Waals surface area (Å²) in [5.41, 5.74) is 9.76. The van der Waals surface area contributed by atoms with Gasteiger partial charge in [-0.15, -0.1) is 0 Å². The number of nitrogens with two attached hydrogens (primary N) is 2. The molecule has 0 aliphatic carbocycles. The van der Waals surface area contributed by atoms with E-state index in [0.717, 1.165) is 6.92 Å². The second-order valence-corrected chi connectivity index (χ2v) is 3.97. The minimum absolute atomic E-state index is 0. The number of nitrogens with one attached hydrogen (secondary N) is 1. The molecule has 1 atom stereocenters. The van der Waals surface area contributed by atoms with Crippen molar-refractivity contribution in [3.63, 3.8) is 0 Å². The standard InChI is InChI=1S/C6H9NO5.C3H10N2.Pt/c1-3(8)7-4(6(11)12)2-5(9)10;1-3(2,4)5;/h4H,2H2,1H3,(H,7,8)(H,9,10)(H,11,12);4-5H2,1-2H3;/q;;+2/p-2. The van der Waals surface area contributed by atoms with Crippen LogP contribution < -0.4 is 27.0 Å². The Morgan fingerprint density at radius 2 is 1.56 bits per heavy atom. The molecule has 0 saturated carbocycles. The summed E-state index contributed by atoms with van der Waals surface area (Å²) in [7, 11) is 0. The fourth-order valence-corrected chi connectivity index (χ4v) is 0.605. The monoisotopic (exact) mass is 442 g/mol. The first kappa shape index (κ1) is 22.2. The third-order valence-electron chi connectivity index (χ3n) is 1.03. The van der Waals surface area contributed by atoms with Gasteiger partial charge in [-0.1, -0.05) is 0 Å². The van der Waals surface area contributed by atoms with Gasteiger partial charge in [0.25, 0.3) is 0 Å². The zero-order chi connectivity index (χ0) is 14.2. The van der Waals surface area contributed by atoms with Crippen molar-refractivity contribution in [3.05, 3.63) is 0 Å². The molecule has 0 aliphatic rings. The van der Waals surface area contributed by atoms with Crippen LogP contribution in [0.1, 0.15) is 27.2 Å². The minimum atomic E-state index is -1.64. The van der Waals surface area contributed by atoms with Crippen LogP contribution in [0.5, 0.6) is 0 Å². The Morgan fingerprint density at radius 1 is 1.22 bits per heavy atom. The molecule has 0 aromatic carbocycles. The summed E-state index contributed by atoms with van der Waals surface area (Å²) in [6.45, 7) is 4.56. The molecule has 8 nitrogen and oxygen atoms in total. The molecule has 1 amide bonds. The quantitative estimate of drug-likeness (QED) is 0.374. The van der Waals surface area contributed by atoms with Crippen molar-refractivity contribution in [2.24, 2.45) is 11.5 Å². The number of hydrogen-bond acceptors (Lipinski definition) is 7. The number of rotatable bonds is 4. The SMILES string of the molecule is CC(=O)NC(CC(=O)[O-])C(=O)[O-].CC(C)(N)N.[Pt+2]. The smallest absolute Gasteiger partial charge is 0.550 e. The van der Waals surface area contributed by atoms with E-state index in [0.29, 0.717) is 0 Å². The summed E-state index contributed by atoms with van der Waals surface area (Å²) in [6.07, 6.45) is -0.790. The van der Waals surface area contributed by atoms with Crippen LogP contribution >= 0.6 is 0 Å². The normalized spacial score (nSPS) is 11.2. The van der Waals surface area contributed by atoms with Crippen LogP contribution in [-0.2, 0) is 35.4 Å². The number of carbonyl (C=O) groups excluding carboxylic acids is 3. The first-order valence-electron chi connectivity index (χ1n) is 4.69. The summed E-state index contributed by atoms with van der Waals surface area (Å²) >= 11 is 0. The van der Waals surface area contributed by atoms with Crippen molar-refractivity contribution in [2.45, 2.75) is 38.9 Å². The van der Waals surface area contributed by atoms with Gasteiger partial charge >= 0.3 is 21.1 Å². The largest absolute Gasteiger partial charge is 2.00 e. The number of amides is 1. The molecule has 0 bridgehead atoms. The molecule has 1 unspecified atom stereocenters. The number of aliphatic carboxylic acids is 2. The first-order valence-corrected chi connectivity index (χ1v) is 4.69. The average molecular weight is 442 g/mol. The van der Waals surface area contributed by atoms with Gasteiger partial charge in [-0.2, -0.15) is 0 Å². The van der Waals surface area contributed by atoms with Crippen LogP contribution in [-0.4, -0.2) is 29.6 Å². The van der Waals surface area contributed by atoms with Crippen molar-refractivity contribution >= 4 is 17.8 Å². The van der Waals surface area contributed by atoms with Crippen molar-refractivity contribution in [2.75, 3.05) is 0 Å². The van der Waals surface area contributed by atoms with Crippen LogP contribution in [0, 0.1) is 0 Å². The molecule has 0 rings (SSSR count). The summed E-state index contributed by atoms with van der Waals surface area (Å²) in [5, 5.41) is 22.0. The second kappa shape index (κ2) is 9.99. The van der Waals surface area contributed by atoms with E-state index in [1.54, 1.807) is 13.8 Å². The van der Waals surface area contributed by atoms with Crippen molar-refractivity contribution < 1.29 is 45.7 Å². The molecule has 0 aromatic rings. The molecule has 9 heteroatoms. The van der Waals surface area contributed by atoms with Crippen LogP contribution in [0.2, 0.25) is 0 Å². The predicted octanol–water partition coefficient (Wildman–Crippen LogP) is -3.98. The van der Waals surface area contributed by atoms with E-state index in [1.807, 2.05) is 5.32 Å². The molecule has 5 N–H and O–H groups in total. The van der Waals surface area contributed by atoms with Crippen molar-refractivity contribution in [1.82, 2.24) is 5.32 Å². The van der Waals surface area contributed by atoms with E-state index < -0.39 is 36.0 Å². The Bertz CT molecular complexity index is 268. The summed E-state index contributed by atoms with van der Waals surface area (Å²) in [6, 6.07) is -1.52. The molecular weight excluding hydrogens is 425 g/mol. The number of hydrogen-bond donors (Lipinski definition) is 3. The molecule has 108 valence electrons.